The summed E-state index contributed by atoms with van der Waals surface area (Å²) in [5, 5.41) is -0.851. The molecule has 0 aromatic heterocycles. The van der Waals surface area contributed by atoms with Gasteiger partial charge in [0.1, 0.15) is 11.0 Å². The van der Waals surface area contributed by atoms with E-state index in [2.05, 4.69) is 18.7 Å². The van der Waals surface area contributed by atoms with Crippen LogP contribution < -0.4 is 14.5 Å². The lowest BCUT2D eigenvalue weighted by Crippen LogP contribution is -2.23. The maximum absolute atomic E-state index is 13.9. The highest BCUT2D eigenvalue weighted by atomic mass is 32.2. The first-order chi connectivity index (χ1) is 15.7. The summed E-state index contributed by atoms with van der Waals surface area (Å²) in [6.45, 7) is 7.80. The molecule has 0 aliphatic carbocycles. The van der Waals surface area contributed by atoms with E-state index in [4.69, 9.17) is 4.74 Å². The van der Waals surface area contributed by atoms with Crippen molar-refractivity contribution in [3.05, 3.63) is 83.4 Å². The molecule has 0 bridgehead atoms. The number of rotatable bonds is 9. The quantitative estimate of drug-likeness (QED) is 0.418. The number of anilines is 2. The second-order valence-electron chi connectivity index (χ2n) is 8.33. The van der Waals surface area contributed by atoms with Crippen molar-refractivity contribution in [1.29, 1.82) is 0 Å². The molecule has 0 N–H and O–H groups in total. The van der Waals surface area contributed by atoms with Gasteiger partial charge in [0.25, 0.3) is 0 Å². The minimum Gasteiger partial charge on any atom is -0.495 e. The van der Waals surface area contributed by atoms with Crippen molar-refractivity contribution in [3.8, 4) is 5.75 Å². The van der Waals surface area contributed by atoms with E-state index in [1.54, 1.807) is 19.2 Å². The van der Waals surface area contributed by atoms with Crippen LogP contribution in [0.3, 0.4) is 0 Å². The summed E-state index contributed by atoms with van der Waals surface area (Å²) in [7, 11) is 1.85. The molecule has 5 nitrogen and oxygen atoms in total. The number of ether oxygens (including phenoxy) is 1. The van der Waals surface area contributed by atoms with Gasteiger partial charge in [-0.1, -0.05) is 35.9 Å². The Bertz CT molecular complexity index is 1170. The van der Waals surface area contributed by atoms with E-state index in [1.807, 2.05) is 80.5 Å². The molecular weight excluding hydrogens is 432 g/mol. The van der Waals surface area contributed by atoms with Gasteiger partial charge in [-0.2, -0.15) is 0 Å². The smallest absolute Gasteiger partial charge is 0.189 e. The molecule has 1 atom stereocenters. The standard InChI is InChI=1S/C27H34N2O3S/c1-7-29(8-2)25-18-13-22(19-26(25)32-6)27(21-11-14-23(15-12-21)28(4)5)33(30,31)24-16-9-20(3)10-17-24/h9-19,27H,7-8H2,1-6H3. The molecule has 176 valence electrons. The lowest BCUT2D eigenvalue weighted by Gasteiger charge is -2.26. The van der Waals surface area contributed by atoms with Crippen LogP contribution in [0.15, 0.2) is 71.6 Å². The van der Waals surface area contributed by atoms with Crippen molar-refractivity contribution in [2.24, 2.45) is 0 Å². The van der Waals surface area contributed by atoms with E-state index in [1.165, 1.54) is 0 Å². The molecule has 0 saturated heterocycles. The Kier molecular flexibility index (Phi) is 7.69. The monoisotopic (exact) mass is 466 g/mol. The lowest BCUT2D eigenvalue weighted by molar-refractivity contribution is 0.414. The van der Waals surface area contributed by atoms with Crippen molar-refractivity contribution in [3.63, 3.8) is 0 Å². The fourth-order valence-corrected chi connectivity index (χ4v) is 5.85. The van der Waals surface area contributed by atoms with Gasteiger partial charge in [0.15, 0.2) is 9.84 Å². The Morgan fingerprint density at radius 3 is 1.94 bits per heavy atom. The van der Waals surface area contributed by atoms with Gasteiger partial charge in [0, 0.05) is 32.9 Å². The normalized spacial score (nSPS) is 12.3. The first-order valence-electron chi connectivity index (χ1n) is 11.2. The van der Waals surface area contributed by atoms with Crippen LogP contribution in [0.5, 0.6) is 5.75 Å². The Hall–Kier alpha value is -2.99. The zero-order valence-electron chi connectivity index (χ0n) is 20.4. The van der Waals surface area contributed by atoms with Crippen LogP contribution in [0.4, 0.5) is 11.4 Å². The van der Waals surface area contributed by atoms with Gasteiger partial charge in [-0.25, -0.2) is 8.42 Å². The fraction of sp³-hybridized carbons (Fsp3) is 0.333. The van der Waals surface area contributed by atoms with Crippen LogP contribution in [0.1, 0.15) is 35.8 Å². The van der Waals surface area contributed by atoms with Gasteiger partial charge >= 0.3 is 0 Å². The van der Waals surface area contributed by atoms with Crippen LogP contribution in [-0.4, -0.2) is 42.7 Å². The average molecular weight is 467 g/mol. The van der Waals surface area contributed by atoms with Gasteiger partial charge in [0.05, 0.1) is 17.7 Å². The molecule has 3 rings (SSSR count). The molecule has 0 amide bonds. The summed E-state index contributed by atoms with van der Waals surface area (Å²) in [5.41, 5.74) is 4.39. The van der Waals surface area contributed by atoms with E-state index in [0.29, 0.717) is 16.2 Å². The van der Waals surface area contributed by atoms with E-state index in [9.17, 15) is 8.42 Å². The minimum atomic E-state index is -3.71. The molecule has 3 aromatic rings. The third kappa shape index (κ3) is 5.17. The minimum absolute atomic E-state index is 0.307. The Morgan fingerprint density at radius 1 is 0.848 bits per heavy atom. The fourth-order valence-electron chi connectivity index (χ4n) is 4.04. The Labute approximate surface area is 198 Å². The third-order valence-corrected chi connectivity index (χ3v) is 8.08. The zero-order valence-corrected chi connectivity index (χ0v) is 21.2. The molecule has 0 saturated carbocycles. The third-order valence-electron chi connectivity index (χ3n) is 5.98. The summed E-state index contributed by atoms with van der Waals surface area (Å²) in [6, 6.07) is 20.5. The highest BCUT2D eigenvalue weighted by Gasteiger charge is 2.32. The molecule has 0 spiro atoms. The van der Waals surface area contributed by atoms with Crippen LogP contribution >= 0.6 is 0 Å². The van der Waals surface area contributed by atoms with Gasteiger partial charge in [-0.15, -0.1) is 0 Å². The predicted octanol–water partition coefficient (Wildman–Crippen LogP) is 5.48. The summed E-state index contributed by atoms with van der Waals surface area (Å²) in [6.07, 6.45) is 0. The average Bonchev–Trinajstić information content (AvgIpc) is 2.81. The first kappa shape index (κ1) is 24.6. The highest BCUT2D eigenvalue weighted by molar-refractivity contribution is 7.91. The second-order valence-corrected chi connectivity index (χ2v) is 10.4. The van der Waals surface area contributed by atoms with Crippen molar-refractivity contribution < 1.29 is 13.2 Å². The number of sulfone groups is 1. The van der Waals surface area contributed by atoms with Crippen molar-refractivity contribution >= 4 is 21.2 Å². The topological polar surface area (TPSA) is 49.9 Å². The summed E-state index contributed by atoms with van der Waals surface area (Å²) >= 11 is 0. The van der Waals surface area contributed by atoms with E-state index in [0.717, 1.165) is 35.6 Å². The molecule has 1 unspecified atom stereocenters. The van der Waals surface area contributed by atoms with Gasteiger partial charge in [0.2, 0.25) is 0 Å². The molecule has 0 radical (unpaired) electrons. The number of benzene rings is 3. The zero-order chi connectivity index (χ0) is 24.2. The number of methoxy groups -OCH3 is 1. The van der Waals surface area contributed by atoms with Crippen molar-refractivity contribution in [2.45, 2.75) is 30.9 Å². The van der Waals surface area contributed by atoms with Crippen LogP contribution in [-0.2, 0) is 9.84 Å². The Balaban J connectivity index is 2.20. The molecule has 3 aromatic carbocycles. The molecule has 0 aliphatic heterocycles. The van der Waals surface area contributed by atoms with Gasteiger partial charge in [-0.3, -0.25) is 0 Å². The summed E-state index contributed by atoms with van der Waals surface area (Å²) in [5.74, 6) is 0.671. The molecule has 6 heteroatoms. The van der Waals surface area contributed by atoms with Crippen LogP contribution in [0, 0.1) is 6.92 Å². The number of aryl methyl sites for hydroxylation is 1. The maximum atomic E-state index is 13.9. The molecular formula is C27H34N2O3S. The predicted molar refractivity (Wildman–Crippen MR) is 138 cm³/mol. The van der Waals surface area contributed by atoms with Crippen LogP contribution in [0.2, 0.25) is 0 Å². The van der Waals surface area contributed by atoms with Crippen molar-refractivity contribution in [2.75, 3.05) is 44.1 Å². The van der Waals surface area contributed by atoms with Crippen molar-refractivity contribution in [1.82, 2.24) is 0 Å². The molecule has 0 aliphatic rings. The second kappa shape index (κ2) is 10.3. The summed E-state index contributed by atoms with van der Waals surface area (Å²) in [4.78, 5) is 4.49. The maximum Gasteiger partial charge on any atom is 0.189 e. The van der Waals surface area contributed by atoms with Gasteiger partial charge in [-0.05, 0) is 68.3 Å². The lowest BCUT2D eigenvalue weighted by atomic mass is 10.0. The molecule has 33 heavy (non-hydrogen) atoms. The number of nitrogens with zero attached hydrogens (tertiary/aromatic N) is 2. The number of hydrogen-bond acceptors (Lipinski definition) is 5. The number of hydrogen-bond donors (Lipinski definition) is 0. The highest BCUT2D eigenvalue weighted by Crippen LogP contribution is 2.39. The first-order valence-corrected chi connectivity index (χ1v) is 12.8. The van der Waals surface area contributed by atoms with Crippen LogP contribution in [0.25, 0.3) is 0 Å². The van der Waals surface area contributed by atoms with E-state index >= 15 is 0 Å². The van der Waals surface area contributed by atoms with E-state index < -0.39 is 15.1 Å². The summed E-state index contributed by atoms with van der Waals surface area (Å²) < 4.78 is 33.6. The molecule has 0 heterocycles. The SMILES string of the molecule is CCN(CC)c1ccc(C(c2ccc(N(C)C)cc2)S(=O)(=O)c2ccc(C)cc2)cc1OC. The molecule has 0 fully saturated rings. The van der Waals surface area contributed by atoms with E-state index in [-0.39, 0.29) is 0 Å². The Morgan fingerprint density at radius 2 is 1.42 bits per heavy atom. The van der Waals surface area contributed by atoms with Gasteiger partial charge < -0.3 is 14.5 Å². The largest absolute Gasteiger partial charge is 0.495 e.